The first-order valence-corrected chi connectivity index (χ1v) is 6.88. The third kappa shape index (κ3) is 3.23. The van der Waals surface area contributed by atoms with E-state index in [-0.39, 0.29) is 5.91 Å². The lowest BCUT2D eigenvalue weighted by molar-refractivity contribution is 0.102. The Morgan fingerprint density at radius 3 is 2.70 bits per heavy atom. The summed E-state index contributed by atoms with van der Waals surface area (Å²) in [6.45, 7) is 0. The van der Waals surface area contributed by atoms with Gasteiger partial charge < -0.3 is 15.8 Å². The summed E-state index contributed by atoms with van der Waals surface area (Å²) < 4.78 is 5.92. The number of nitrogens with two attached hydrogens (primary N) is 1. The summed E-state index contributed by atoms with van der Waals surface area (Å²) in [5.74, 6) is 0.248. The largest absolute Gasteiger partial charge is 0.495 e. The van der Waals surface area contributed by atoms with Crippen LogP contribution in [0, 0.1) is 0 Å². The van der Waals surface area contributed by atoms with E-state index in [1.54, 1.807) is 36.4 Å². The first kappa shape index (κ1) is 14.7. The van der Waals surface area contributed by atoms with Gasteiger partial charge >= 0.3 is 0 Å². The number of methoxy groups -OCH3 is 1. The van der Waals surface area contributed by atoms with Crippen molar-refractivity contribution in [3.8, 4) is 5.75 Å². The van der Waals surface area contributed by atoms with Gasteiger partial charge in [-0.2, -0.15) is 0 Å². The second-order valence-corrected chi connectivity index (χ2v) is 5.33. The molecule has 0 saturated heterocycles. The highest BCUT2D eigenvalue weighted by Gasteiger charge is 2.11. The quantitative estimate of drug-likeness (QED) is 0.820. The minimum Gasteiger partial charge on any atom is -0.495 e. The molecule has 0 aliphatic heterocycles. The molecule has 0 unspecified atom stereocenters. The summed E-state index contributed by atoms with van der Waals surface area (Å²) in [6, 6.07) is 9.99. The zero-order valence-electron chi connectivity index (χ0n) is 10.6. The standard InChI is InChI=1S/C14H12BrClN2O2/c1-20-13-5-3-9(16)7-12(13)18-14(19)8-2-4-10(15)11(17)6-8/h2-7H,17H2,1H3,(H,18,19). The Morgan fingerprint density at radius 2 is 2.05 bits per heavy atom. The van der Waals surface area contributed by atoms with Gasteiger partial charge in [-0.05, 0) is 52.3 Å². The van der Waals surface area contributed by atoms with E-state index in [2.05, 4.69) is 21.2 Å². The molecule has 0 aliphatic carbocycles. The zero-order valence-corrected chi connectivity index (χ0v) is 13.0. The topological polar surface area (TPSA) is 64.3 Å². The maximum atomic E-state index is 12.2. The number of ether oxygens (including phenoxy) is 1. The summed E-state index contributed by atoms with van der Waals surface area (Å²) in [5.41, 5.74) is 7.21. The summed E-state index contributed by atoms with van der Waals surface area (Å²) in [4.78, 5) is 12.2. The van der Waals surface area contributed by atoms with Crippen molar-refractivity contribution in [3.63, 3.8) is 0 Å². The normalized spacial score (nSPS) is 10.2. The fourth-order valence-corrected chi connectivity index (χ4v) is 2.08. The minimum atomic E-state index is -0.287. The molecule has 0 aliphatic rings. The highest BCUT2D eigenvalue weighted by atomic mass is 79.9. The van der Waals surface area contributed by atoms with Crippen LogP contribution in [0.15, 0.2) is 40.9 Å². The highest BCUT2D eigenvalue weighted by molar-refractivity contribution is 9.10. The van der Waals surface area contributed by atoms with Crippen molar-refractivity contribution in [2.24, 2.45) is 0 Å². The molecule has 2 aromatic rings. The average Bonchev–Trinajstić information content (AvgIpc) is 2.42. The van der Waals surface area contributed by atoms with Gasteiger partial charge in [-0.1, -0.05) is 11.6 Å². The van der Waals surface area contributed by atoms with Gasteiger partial charge in [-0.3, -0.25) is 4.79 Å². The predicted molar refractivity (Wildman–Crippen MR) is 84.5 cm³/mol. The van der Waals surface area contributed by atoms with Crippen LogP contribution >= 0.6 is 27.5 Å². The van der Waals surface area contributed by atoms with Gasteiger partial charge in [-0.15, -0.1) is 0 Å². The van der Waals surface area contributed by atoms with Crippen LogP contribution in [-0.4, -0.2) is 13.0 Å². The molecule has 2 rings (SSSR count). The molecule has 4 nitrogen and oxygen atoms in total. The lowest BCUT2D eigenvalue weighted by Gasteiger charge is -2.11. The van der Waals surface area contributed by atoms with Gasteiger partial charge in [0.2, 0.25) is 0 Å². The summed E-state index contributed by atoms with van der Waals surface area (Å²) in [5, 5.41) is 3.26. The van der Waals surface area contributed by atoms with E-state index in [0.717, 1.165) is 4.47 Å². The monoisotopic (exact) mass is 354 g/mol. The summed E-state index contributed by atoms with van der Waals surface area (Å²) in [6.07, 6.45) is 0. The van der Waals surface area contributed by atoms with Gasteiger partial charge in [0.15, 0.2) is 0 Å². The number of rotatable bonds is 3. The molecule has 0 radical (unpaired) electrons. The number of carbonyl (C=O) groups excluding carboxylic acids is 1. The molecule has 2 aromatic carbocycles. The number of anilines is 2. The molecule has 3 N–H and O–H groups in total. The predicted octanol–water partition coefficient (Wildman–Crippen LogP) is 3.95. The molecule has 0 atom stereocenters. The van der Waals surface area contributed by atoms with Crippen LogP contribution in [0.3, 0.4) is 0 Å². The first-order chi connectivity index (χ1) is 9.51. The smallest absolute Gasteiger partial charge is 0.255 e. The van der Waals surface area contributed by atoms with E-state index in [1.807, 2.05) is 0 Å². The molecule has 0 bridgehead atoms. The first-order valence-electron chi connectivity index (χ1n) is 5.71. The van der Waals surface area contributed by atoms with Crippen molar-refractivity contribution >= 4 is 44.8 Å². The maximum absolute atomic E-state index is 12.2. The van der Waals surface area contributed by atoms with Crippen LogP contribution in [0.25, 0.3) is 0 Å². The van der Waals surface area contributed by atoms with Gasteiger partial charge in [0, 0.05) is 20.7 Å². The molecule has 20 heavy (non-hydrogen) atoms. The average molecular weight is 356 g/mol. The van der Waals surface area contributed by atoms with Crippen LogP contribution in [-0.2, 0) is 0 Å². The van der Waals surface area contributed by atoms with Gasteiger partial charge in [0.25, 0.3) is 5.91 Å². The number of hydrogen-bond donors (Lipinski definition) is 2. The molecule has 0 fully saturated rings. The van der Waals surface area contributed by atoms with E-state index in [1.165, 1.54) is 7.11 Å². The number of nitrogen functional groups attached to an aromatic ring is 1. The van der Waals surface area contributed by atoms with Crippen LogP contribution < -0.4 is 15.8 Å². The van der Waals surface area contributed by atoms with Gasteiger partial charge in [0.1, 0.15) is 5.75 Å². The Morgan fingerprint density at radius 1 is 1.30 bits per heavy atom. The summed E-state index contributed by atoms with van der Waals surface area (Å²) >= 11 is 9.20. The van der Waals surface area contributed by atoms with Crippen molar-refractivity contribution in [1.82, 2.24) is 0 Å². The van der Waals surface area contributed by atoms with Crippen molar-refractivity contribution in [2.45, 2.75) is 0 Å². The second kappa shape index (κ2) is 6.15. The Labute approximate surface area is 130 Å². The Balaban J connectivity index is 2.27. The van der Waals surface area contributed by atoms with E-state index in [0.29, 0.717) is 27.7 Å². The second-order valence-electron chi connectivity index (χ2n) is 4.04. The summed E-state index contributed by atoms with van der Waals surface area (Å²) in [7, 11) is 1.52. The van der Waals surface area contributed by atoms with Crippen LogP contribution in [0.1, 0.15) is 10.4 Å². The van der Waals surface area contributed by atoms with Gasteiger partial charge in [-0.25, -0.2) is 0 Å². The number of amides is 1. The van der Waals surface area contributed by atoms with Crippen LogP contribution in [0.2, 0.25) is 5.02 Å². The Kier molecular flexibility index (Phi) is 4.52. The number of carbonyl (C=O) groups is 1. The van der Waals surface area contributed by atoms with Crippen molar-refractivity contribution in [1.29, 1.82) is 0 Å². The van der Waals surface area contributed by atoms with Crippen molar-refractivity contribution < 1.29 is 9.53 Å². The maximum Gasteiger partial charge on any atom is 0.255 e. The lowest BCUT2D eigenvalue weighted by atomic mass is 10.2. The van der Waals surface area contributed by atoms with E-state index in [4.69, 9.17) is 22.1 Å². The van der Waals surface area contributed by atoms with Crippen molar-refractivity contribution in [3.05, 3.63) is 51.5 Å². The van der Waals surface area contributed by atoms with E-state index in [9.17, 15) is 4.79 Å². The fourth-order valence-electron chi connectivity index (χ4n) is 1.66. The molecular weight excluding hydrogens is 344 g/mol. The molecule has 0 aromatic heterocycles. The minimum absolute atomic E-state index is 0.287. The van der Waals surface area contributed by atoms with Gasteiger partial charge in [0.05, 0.1) is 12.8 Å². The fraction of sp³-hybridized carbons (Fsp3) is 0.0714. The van der Waals surface area contributed by atoms with Crippen LogP contribution in [0.5, 0.6) is 5.75 Å². The number of nitrogens with one attached hydrogen (secondary N) is 1. The zero-order chi connectivity index (χ0) is 14.7. The number of hydrogen-bond acceptors (Lipinski definition) is 3. The lowest BCUT2D eigenvalue weighted by Crippen LogP contribution is -2.13. The van der Waals surface area contributed by atoms with Crippen LogP contribution in [0.4, 0.5) is 11.4 Å². The third-order valence-electron chi connectivity index (χ3n) is 2.67. The number of benzene rings is 2. The molecular formula is C14H12BrClN2O2. The van der Waals surface area contributed by atoms with E-state index >= 15 is 0 Å². The SMILES string of the molecule is COc1ccc(Cl)cc1NC(=O)c1ccc(Br)c(N)c1. The molecule has 6 heteroatoms. The molecule has 1 amide bonds. The Bertz CT molecular complexity index is 662. The third-order valence-corrected chi connectivity index (χ3v) is 3.63. The van der Waals surface area contributed by atoms with Crippen molar-refractivity contribution in [2.75, 3.05) is 18.2 Å². The molecule has 0 heterocycles. The van der Waals surface area contributed by atoms with E-state index < -0.39 is 0 Å². The molecule has 0 spiro atoms. The highest BCUT2D eigenvalue weighted by Crippen LogP contribution is 2.28. The molecule has 104 valence electrons. The number of halogens is 2. The molecule has 0 saturated carbocycles. The Hall–Kier alpha value is -1.72.